The molecule has 6 heteroatoms. The summed E-state index contributed by atoms with van der Waals surface area (Å²) < 4.78 is 0. The quantitative estimate of drug-likeness (QED) is 0.741. The van der Waals surface area contributed by atoms with Crippen LogP contribution < -0.4 is 11.1 Å². The lowest BCUT2D eigenvalue weighted by atomic mass is 9.91. The van der Waals surface area contributed by atoms with Crippen molar-refractivity contribution in [2.75, 3.05) is 7.05 Å². The van der Waals surface area contributed by atoms with Crippen LogP contribution in [0.25, 0.3) is 0 Å². The predicted molar refractivity (Wildman–Crippen MR) is 94.0 cm³/mol. The highest BCUT2D eigenvalue weighted by molar-refractivity contribution is 5.92. The van der Waals surface area contributed by atoms with E-state index in [4.69, 9.17) is 5.73 Å². The number of nitrogens with one attached hydrogen (secondary N) is 1. The van der Waals surface area contributed by atoms with Crippen LogP contribution in [0.1, 0.15) is 66.2 Å². The van der Waals surface area contributed by atoms with E-state index in [0.717, 1.165) is 32.1 Å². The summed E-state index contributed by atoms with van der Waals surface area (Å²) in [7, 11) is 1.61. The average molecular weight is 339 g/mol. The molecule has 6 nitrogen and oxygen atoms in total. The van der Waals surface area contributed by atoms with Crippen molar-refractivity contribution in [3.8, 4) is 0 Å². The van der Waals surface area contributed by atoms with Crippen molar-refractivity contribution in [3.05, 3.63) is 0 Å². The van der Waals surface area contributed by atoms with E-state index in [-0.39, 0.29) is 17.7 Å². The van der Waals surface area contributed by atoms with Crippen LogP contribution in [-0.2, 0) is 14.4 Å². The monoisotopic (exact) mass is 339 g/mol. The lowest BCUT2D eigenvalue weighted by Crippen LogP contribution is -2.57. The Kier molecular flexibility index (Phi) is 7.24. The van der Waals surface area contributed by atoms with Crippen LogP contribution in [0.2, 0.25) is 0 Å². The Morgan fingerprint density at radius 3 is 2.17 bits per heavy atom. The molecule has 1 aliphatic rings. The first-order valence-electron chi connectivity index (χ1n) is 8.96. The normalized spacial score (nSPS) is 18.0. The van der Waals surface area contributed by atoms with Crippen molar-refractivity contribution in [2.24, 2.45) is 17.1 Å². The minimum Gasteiger partial charge on any atom is -0.368 e. The van der Waals surface area contributed by atoms with Gasteiger partial charge in [-0.1, -0.05) is 47.0 Å². The fourth-order valence-electron chi connectivity index (χ4n) is 3.20. The van der Waals surface area contributed by atoms with Crippen LogP contribution in [0.15, 0.2) is 0 Å². The number of rotatable bonds is 7. The summed E-state index contributed by atoms with van der Waals surface area (Å²) in [4.78, 5) is 38.6. The number of carbonyl (C=O) groups is 3. The first-order valence-corrected chi connectivity index (χ1v) is 8.96. The molecule has 0 aromatic carbocycles. The van der Waals surface area contributed by atoms with E-state index in [2.05, 4.69) is 5.32 Å². The summed E-state index contributed by atoms with van der Waals surface area (Å²) in [5.74, 6) is -0.731. The SMILES string of the molecule is CCCC(C(N)=O)N(C)C(=O)[C@H](NC(=O)C(C)(C)C)C1CCCC1. The van der Waals surface area contributed by atoms with E-state index < -0.39 is 23.4 Å². The Morgan fingerprint density at radius 2 is 1.75 bits per heavy atom. The van der Waals surface area contributed by atoms with Crippen molar-refractivity contribution in [3.63, 3.8) is 0 Å². The molecule has 0 aromatic rings. The molecule has 1 aliphatic carbocycles. The summed E-state index contributed by atoms with van der Waals surface area (Å²) in [5.41, 5.74) is 4.90. The Morgan fingerprint density at radius 1 is 1.21 bits per heavy atom. The zero-order chi connectivity index (χ0) is 18.5. The number of primary amides is 1. The van der Waals surface area contributed by atoms with Gasteiger partial charge in [-0.2, -0.15) is 0 Å². The first kappa shape index (κ1) is 20.5. The van der Waals surface area contributed by atoms with Crippen LogP contribution in [0.5, 0.6) is 0 Å². The van der Waals surface area contributed by atoms with Gasteiger partial charge in [0.05, 0.1) is 0 Å². The van der Waals surface area contributed by atoms with E-state index in [9.17, 15) is 14.4 Å². The molecular formula is C18H33N3O3. The zero-order valence-corrected chi connectivity index (χ0v) is 15.7. The van der Waals surface area contributed by atoms with E-state index in [1.54, 1.807) is 7.05 Å². The molecule has 0 bridgehead atoms. The van der Waals surface area contributed by atoms with Crippen molar-refractivity contribution in [2.45, 2.75) is 78.3 Å². The molecule has 1 rings (SSSR count). The molecule has 2 atom stereocenters. The van der Waals surface area contributed by atoms with Gasteiger partial charge in [0, 0.05) is 12.5 Å². The molecule has 0 radical (unpaired) electrons. The molecule has 1 unspecified atom stereocenters. The van der Waals surface area contributed by atoms with E-state index in [0.29, 0.717) is 6.42 Å². The maximum absolute atomic E-state index is 13.0. The second-order valence-electron chi connectivity index (χ2n) is 7.90. The smallest absolute Gasteiger partial charge is 0.245 e. The molecule has 1 fully saturated rings. The molecule has 3 N–H and O–H groups in total. The number of amides is 3. The number of nitrogens with two attached hydrogens (primary N) is 1. The van der Waals surface area contributed by atoms with Gasteiger partial charge in [0.1, 0.15) is 12.1 Å². The van der Waals surface area contributed by atoms with Crippen LogP contribution >= 0.6 is 0 Å². The summed E-state index contributed by atoms with van der Waals surface area (Å²) >= 11 is 0. The molecule has 0 aliphatic heterocycles. The van der Waals surface area contributed by atoms with Crippen molar-refractivity contribution < 1.29 is 14.4 Å². The minimum absolute atomic E-state index is 0.126. The number of carbonyl (C=O) groups excluding carboxylic acids is 3. The van der Waals surface area contributed by atoms with Gasteiger partial charge in [-0.25, -0.2) is 0 Å². The Bertz CT molecular complexity index is 465. The largest absolute Gasteiger partial charge is 0.368 e. The van der Waals surface area contributed by atoms with Crippen LogP contribution in [-0.4, -0.2) is 41.8 Å². The third kappa shape index (κ3) is 5.21. The molecule has 0 saturated heterocycles. The van der Waals surface area contributed by atoms with Crippen molar-refractivity contribution in [1.29, 1.82) is 0 Å². The maximum atomic E-state index is 13.0. The lowest BCUT2D eigenvalue weighted by Gasteiger charge is -2.33. The van der Waals surface area contributed by atoms with Gasteiger partial charge in [0.2, 0.25) is 17.7 Å². The first-order chi connectivity index (χ1) is 11.1. The topological polar surface area (TPSA) is 92.5 Å². The van der Waals surface area contributed by atoms with Crippen molar-refractivity contribution >= 4 is 17.7 Å². The van der Waals surface area contributed by atoms with Gasteiger partial charge < -0.3 is 16.0 Å². The summed E-state index contributed by atoms with van der Waals surface area (Å²) in [5, 5.41) is 2.93. The number of nitrogens with zero attached hydrogens (tertiary/aromatic N) is 1. The van der Waals surface area contributed by atoms with Gasteiger partial charge in [0.25, 0.3) is 0 Å². The molecular weight excluding hydrogens is 306 g/mol. The molecule has 1 saturated carbocycles. The highest BCUT2D eigenvalue weighted by Gasteiger charge is 2.38. The third-order valence-electron chi connectivity index (χ3n) is 4.81. The van der Waals surface area contributed by atoms with Gasteiger partial charge in [-0.15, -0.1) is 0 Å². The van der Waals surface area contributed by atoms with Gasteiger partial charge >= 0.3 is 0 Å². The molecule has 0 aromatic heterocycles. The molecule has 0 spiro atoms. The molecule has 138 valence electrons. The number of hydrogen-bond acceptors (Lipinski definition) is 3. The molecule has 3 amide bonds. The minimum atomic E-state index is -0.627. The Balaban J connectivity index is 2.97. The summed E-state index contributed by atoms with van der Waals surface area (Å²) in [6.07, 6.45) is 5.26. The summed E-state index contributed by atoms with van der Waals surface area (Å²) in [6, 6.07) is -1.21. The van der Waals surface area contributed by atoms with Crippen LogP contribution in [0.4, 0.5) is 0 Å². The average Bonchev–Trinajstić information content (AvgIpc) is 3.01. The van der Waals surface area contributed by atoms with E-state index in [1.165, 1.54) is 4.90 Å². The highest BCUT2D eigenvalue weighted by atomic mass is 16.2. The van der Waals surface area contributed by atoms with Crippen LogP contribution in [0.3, 0.4) is 0 Å². The van der Waals surface area contributed by atoms with Gasteiger partial charge in [0.15, 0.2) is 0 Å². The number of hydrogen-bond donors (Lipinski definition) is 2. The third-order valence-corrected chi connectivity index (χ3v) is 4.81. The molecule has 24 heavy (non-hydrogen) atoms. The second kappa shape index (κ2) is 8.49. The fraction of sp³-hybridized carbons (Fsp3) is 0.833. The summed E-state index contributed by atoms with van der Waals surface area (Å²) in [6.45, 7) is 7.42. The van der Waals surface area contributed by atoms with Crippen molar-refractivity contribution in [1.82, 2.24) is 10.2 Å². The van der Waals surface area contributed by atoms with Crippen LogP contribution in [0, 0.1) is 11.3 Å². The maximum Gasteiger partial charge on any atom is 0.245 e. The highest BCUT2D eigenvalue weighted by Crippen LogP contribution is 2.29. The Hall–Kier alpha value is -1.59. The lowest BCUT2D eigenvalue weighted by molar-refractivity contribution is -0.143. The zero-order valence-electron chi connectivity index (χ0n) is 15.7. The second-order valence-corrected chi connectivity index (χ2v) is 7.90. The predicted octanol–water partition coefficient (Wildman–Crippen LogP) is 1.82. The van der Waals surface area contributed by atoms with E-state index in [1.807, 2.05) is 27.7 Å². The van der Waals surface area contributed by atoms with Gasteiger partial charge in [-0.05, 0) is 25.2 Å². The standard InChI is InChI=1S/C18H33N3O3/c1-6-9-13(15(19)22)21(5)16(23)14(12-10-7-8-11-12)20-17(24)18(2,3)4/h12-14H,6-11H2,1-5H3,(H2,19,22)(H,20,24)/t13?,14-/m1/s1. The number of likely N-dealkylation sites (N-methyl/N-ethyl adjacent to an activating group) is 1. The van der Waals surface area contributed by atoms with Gasteiger partial charge in [-0.3, -0.25) is 14.4 Å². The Labute approximate surface area is 145 Å². The fourth-order valence-corrected chi connectivity index (χ4v) is 3.20. The molecule has 0 heterocycles. The van der Waals surface area contributed by atoms with E-state index >= 15 is 0 Å².